The molecule has 0 saturated carbocycles. The Balaban J connectivity index is 1.62. The fourth-order valence-corrected chi connectivity index (χ4v) is 2.25. The van der Waals surface area contributed by atoms with Crippen molar-refractivity contribution < 1.29 is 0 Å². The summed E-state index contributed by atoms with van der Waals surface area (Å²) < 4.78 is 0. The fourth-order valence-electron chi connectivity index (χ4n) is 2.25. The van der Waals surface area contributed by atoms with Crippen LogP contribution in [0.15, 0.2) is 48.7 Å². The van der Waals surface area contributed by atoms with Crippen LogP contribution < -0.4 is 5.32 Å². The minimum absolute atomic E-state index is 0.798. The second kappa shape index (κ2) is 5.24. The first-order valence-corrected chi connectivity index (χ1v) is 6.50. The lowest BCUT2D eigenvalue weighted by molar-refractivity contribution is 0.678. The number of fused-ring (bicyclic) bond motifs is 1. The van der Waals surface area contributed by atoms with E-state index in [0.29, 0.717) is 0 Å². The lowest BCUT2D eigenvalue weighted by atomic mass is 10.1. The van der Waals surface area contributed by atoms with E-state index in [2.05, 4.69) is 45.6 Å². The van der Waals surface area contributed by atoms with Crippen molar-refractivity contribution in [1.29, 1.82) is 0 Å². The molecule has 3 heteroatoms. The molecule has 2 aromatic heterocycles. The van der Waals surface area contributed by atoms with Crippen LogP contribution in [0.3, 0.4) is 0 Å². The molecule has 3 nitrogen and oxygen atoms in total. The fraction of sp³-hybridized carbons (Fsp3) is 0.188. The van der Waals surface area contributed by atoms with Crippen molar-refractivity contribution >= 4 is 10.9 Å². The summed E-state index contributed by atoms with van der Waals surface area (Å²) in [6.07, 6.45) is 1.97. The molecule has 0 aliphatic heterocycles. The van der Waals surface area contributed by atoms with Gasteiger partial charge in [-0.15, -0.1) is 0 Å². The minimum atomic E-state index is 0.798. The Kier molecular flexibility index (Phi) is 3.29. The van der Waals surface area contributed by atoms with Crippen molar-refractivity contribution in [3.05, 3.63) is 65.6 Å². The molecule has 96 valence electrons. The molecule has 3 aromatic rings. The number of benzene rings is 1. The van der Waals surface area contributed by atoms with Gasteiger partial charge < -0.3 is 10.3 Å². The molecule has 3 rings (SSSR count). The lowest BCUT2D eigenvalue weighted by Gasteiger charge is -2.05. The SMILES string of the molecule is Cc1cccc(CNCc2ccc3[nH]ccc3c2)n1. The van der Waals surface area contributed by atoms with Crippen LogP contribution in [-0.2, 0) is 13.1 Å². The summed E-state index contributed by atoms with van der Waals surface area (Å²) in [4.78, 5) is 7.68. The maximum Gasteiger partial charge on any atom is 0.0544 e. The van der Waals surface area contributed by atoms with E-state index < -0.39 is 0 Å². The van der Waals surface area contributed by atoms with Gasteiger partial charge in [-0.2, -0.15) is 0 Å². The van der Waals surface area contributed by atoms with Gasteiger partial charge >= 0.3 is 0 Å². The molecule has 0 radical (unpaired) electrons. The van der Waals surface area contributed by atoms with Gasteiger partial charge in [0.1, 0.15) is 0 Å². The van der Waals surface area contributed by atoms with Crippen LogP contribution in [0.1, 0.15) is 17.0 Å². The molecular weight excluding hydrogens is 234 g/mol. The number of aromatic nitrogens is 2. The number of hydrogen-bond acceptors (Lipinski definition) is 2. The first-order valence-electron chi connectivity index (χ1n) is 6.50. The third-order valence-electron chi connectivity index (χ3n) is 3.20. The zero-order valence-electron chi connectivity index (χ0n) is 11.0. The molecule has 0 amide bonds. The predicted molar refractivity (Wildman–Crippen MR) is 77.8 cm³/mol. The van der Waals surface area contributed by atoms with Crippen molar-refractivity contribution in [2.24, 2.45) is 0 Å². The summed E-state index contributed by atoms with van der Waals surface area (Å²) in [5.74, 6) is 0. The highest BCUT2D eigenvalue weighted by atomic mass is 14.9. The van der Waals surface area contributed by atoms with Crippen molar-refractivity contribution in [3.8, 4) is 0 Å². The molecule has 0 aliphatic rings. The zero-order chi connectivity index (χ0) is 13.1. The molecule has 0 saturated heterocycles. The van der Waals surface area contributed by atoms with Crippen molar-refractivity contribution in [1.82, 2.24) is 15.3 Å². The maximum atomic E-state index is 4.48. The lowest BCUT2D eigenvalue weighted by Crippen LogP contribution is -2.13. The highest BCUT2D eigenvalue weighted by molar-refractivity contribution is 5.79. The Hall–Kier alpha value is -2.13. The second-order valence-corrected chi connectivity index (χ2v) is 4.77. The molecule has 0 aliphatic carbocycles. The summed E-state index contributed by atoms with van der Waals surface area (Å²) in [5, 5.41) is 4.69. The summed E-state index contributed by atoms with van der Waals surface area (Å²) in [6.45, 7) is 3.67. The van der Waals surface area contributed by atoms with E-state index in [1.54, 1.807) is 0 Å². The van der Waals surface area contributed by atoms with Crippen LogP contribution in [0.5, 0.6) is 0 Å². The first-order chi connectivity index (χ1) is 9.31. The standard InChI is InChI=1S/C16H17N3/c1-12-3-2-4-15(19-12)11-17-10-13-5-6-16-14(9-13)7-8-18-16/h2-9,17-18H,10-11H2,1H3. The van der Waals surface area contributed by atoms with Crippen LogP contribution in [-0.4, -0.2) is 9.97 Å². The van der Waals surface area contributed by atoms with E-state index in [0.717, 1.165) is 24.5 Å². The van der Waals surface area contributed by atoms with Gasteiger partial charge in [-0.3, -0.25) is 4.98 Å². The number of nitrogens with one attached hydrogen (secondary N) is 2. The Morgan fingerprint density at radius 1 is 1.11 bits per heavy atom. The summed E-state index contributed by atoms with van der Waals surface area (Å²) in [5.41, 5.74) is 4.62. The average Bonchev–Trinajstić information content (AvgIpc) is 2.86. The quantitative estimate of drug-likeness (QED) is 0.747. The first kappa shape index (κ1) is 11.9. The monoisotopic (exact) mass is 251 g/mol. The molecular formula is C16H17N3. The van der Waals surface area contributed by atoms with E-state index in [4.69, 9.17) is 0 Å². The van der Waals surface area contributed by atoms with Crippen LogP contribution in [0.25, 0.3) is 10.9 Å². The second-order valence-electron chi connectivity index (χ2n) is 4.77. The summed E-state index contributed by atoms with van der Waals surface area (Å²) >= 11 is 0. The Labute approximate surface area is 112 Å². The van der Waals surface area contributed by atoms with Gasteiger partial charge in [0.2, 0.25) is 0 Å². The topological polar surface area (TPSA) is 40.7 Å². The smallest absolute Gasteiger partial charge is 0.0544 e. The molecule has 0 bridgehead atoms. The van der Waals surface area contributed by atoms with E-state index in [1.807, 2.05) is 25.3 Å². The highest BCUT2D eigenvalue weighted by Crippen LogP contribution is 2.14. The summed E-state index contributed by atoms with van der Waals surface area (Å²) in [7, 11) is 0. The van der Waals surface area contributed by atoms with Gasteiger partial charge in [0.05, 0.1) is 5.69 Å². The normalized spacial score (nSPS) is 11.0. The molecule has 0 unspecified atom stereocenters. The van der Waals surface area contributed by atoms with Gasteiger partial charge in [-0.05, 0) is 48.2 Å². The van der Waals surface area contributed by atoms with Crippen LogP contribution in [0.2, 0.25) is 0 Å². The van der Waals surface area contributed by atoms with E-state index in [-0.39, 0.29) is 0 Å². The van der Waals surface area contributed by atoms with Crippen LogP contribution in [0, 0.1) is 6.92 Å². The molecule has 0 spiro atoms. The van der Waals surface area contributed by atoms with E-state index in [1.165, 1.54) is 16.5 Å². The minimum Gasteiger partial charge on any atom is -0.361 e. The Bertz CT molecular complexity index is 685. The molecule has 0 fully saturated rings. The van der Waals surface area contributed by atoms with Gasteiger partial charge in [-0.25, -0.2) is 0 Å². The van der Waals surface area contributed by atoms with Gasteiger partial charge in [0.15, 0.2) is 0 Å². The van der Waals surface area contributed by atoms with Gasteiger partial charge in [0, 0.05) is 30.5 Å². The number of hydrogen-bond donors (Lipinski definition) is 2. The number of aryl methyl sites for hydroxylation is 1. The maximum absolute atomic E-state index is 4.48. The molecule has 1 aromatic carbocycles. The van der Waals surface area contributed by atoms with Crippen molar-refractivity contribution in [3.63, 3.8) is 0 Å². The highest BCUT2D eigenvalue weighted by Gasteiger charge is 1.98. The third-order valence-corrected chi connectivity index (χ3v) is 3.20. The Morgan fingerprint density at radius 2 is 2.05 bits per heavy atom. The van der Waals surface area contributed by atoms with Gasteiger partial charge in [-0.1, -0.05) is 12.1 Å². The average molecular weight is 251 g/mol. The number of nitrogens with zero attached hydrogens (tertiary/aromatic N) is 1. The predicted octanol–water partition coefficient (Wildman–Crippen LogP) is 3.16. The number of pyridine rings is 1. The molecule has 0 atom stereocenters. The molecule has 2 heterocycles. The van der Waals surface area contributed by atoms with Crippen LogP contribution >= 0.6 is 0 Å². The van der Waals surface area contributed by atoms with Crippen molar-refractivity contribution in [2.75, 3.05) is 0 Å². The van der Waals surface area contributed by atoms with Crippen molar-refractivity contribution in [2.45, 2.75) is 20.0 Å². The molecule has 2 N–H and O–H groups in total. The largest absolute Gasteiger partial charge is 0.361 e. The third kappa shape index (κ3) is 2.83. The number of rotatable bonds is 4. The summed E-state index contributed by atoms with van der Waals surface area (Å²) in [6, 6.07) is 14.7. The zero-order valence-corrected chi connectivity index (χ0v) is 11.0. The van der Waals surface area contributed by atoms with Crippen LogP contribution in [0.4, 0.5) is 0 Å². The Morgan fingerprint density at radius 3 is 2.95 bits per heavy atom. The number of aromatic amines is 1. The number of H-pyrrole nitrogens is 1. The van der Waals surface area contributed by atoms with E-state index >= 15 is 0 Å². The molecule has 19 heavy (non-hydrogen) atoms. The van der Waals surface area contributed by atoms with E-state index in [9.17, 15) is 0 Å². The van der Waals surface area contributed by atoms with Gasteiger partial charge in [0.25, 0.3) is 0 Å².